The smallest absolute Gasteiger partial charge is 0.850 e. The molecular formula is C22H28FNa2O8P. The summed E-state index contributed by atoms with van der Waals surface area (Å²) in [6.45, 7) is 3.68. The van der Waals surface area contributed by atoms with Crippen LogP contribution in [0.5, 0.6) is 0 Å². The van der Waals surface area contributed by atoms with E-state index in [-0.39, 0.29) is 84.2 Å². The van der Waals surface area contributed by atoms with Gasteiger partial charge in [0.1, 0.15) is 18.1 Å². The van der Waals surface area contributed by atoms with Crippen molar-refractivity contribution in [3.8, 4) is 0 Å². The molecule has 0 heterocycles. The number of hydrogen-bond acceptors (Lipinski definition) is 6. The zero-order valence-electron chi connectivity index (χ0n) is 20.2. The van der Waals surface area contributed by atoms with Crippen molar-refractivity contribution in [2.24, 2.45) is 28.6 Å². The Morgan fingerprint density at radius 2 is 1.91 bits per heavy atom. The molecule has 0 aromatic heterocycles. The maximum Gasteiger partial charge on any atom is 1.00 e. The Hall–Kier alpha value is 0.780. The Morgan fingerprint density at radius 1 is 1.29 bits per heavy atom. The van der Waals surface area contributed by atoms with Gasteiger partial charge >= 0.3 is 66.9 Å². The minimum atomic E-state index is -4.97. The van der Waals surface area contributed by atoms with E-state index in [9.17, 15) is 24.4 Å². The van der Waals surface area contributed by atoms with Gasteiger partial charge in [0.05, 0.1) is 0 Å². The molecule has 0 aromatic carbocycles. The fourth-order valence-corrected chi connectivity index (χ4v) is 7.62. The Labute approximate surface area is 242 Å². The van der Waals surface area contributed by atoms with Crippen molar-refractivity contribution in [2.75, 3.05) is 6.61 Å². The number of rotatable bonds is 4. The summed E-state index contributed by atoms with van der Waals surface area (Å²) in [6, 6.07) is 0. The van der Waals surface area contributed by atoms with Crippen molar-refractivity contribution in [2.45, 2.75) is 63.8 Å². The number of alkyl halides is 1. The van der Waals surface area contributed by atoms with E-state index in [1.165, 1.54) is 18.2 Å². The number of carbonyl (C=O) groups excluding carboxylic acids is 2. The van der Waals surface area contributed by atoms with Crippen LogP contribution in [0.15, 0.2) is 23.8 Å². The first-order valence-corrected chi connectivity index (χ1v) is 12.4. The van der Waals surface area contributed by atoms with Gasteiger partial charge in [-0.15, -0.1) is 0 Å². The molecule has 0 spiro atoms. The van der Waals surface area contributed by atoms with E-state index in [1.807, 2.05) is 0 Å². The SMILES string of the molecule is C[C@H]1C[C@H]2[C@@H]3CCC4=CC(=O)C=C[C@]4(C)[C@@]3(F)[C@@H]([O-])C[C@]2(C)[C@@]1([O-])C(=O)COP(=O)(O)O.[Na+].[Na+]. The van der Waals surface area contributed by atoms with Crippen LogP contribution >= 0.6 is 7.82 Å². The van der Waals surface area contributed by atoms with Crippen LogP contribution in [0, 0.1) is 28.6 Å². The molecule has 0 bridgehead atoms. The molecule has 2 N–H and O–H groups in total. The normalized spacial score (nSPS) is 45.2. The predicted molar refractivity (Wildman–Crippen MR) is 106 cm³/mol. The molecule has 34 heavy (non-hydrogen) atoms. The van der Waals surface area contributed by atoms with E-state index in [4.69, 9.17) is 9.79 Å². The Morgan fingerprint density at radius 3 is 2.50 bits per heavy atom. The number of phosphoric acid groups is 1. The van der Waals surface area contributed by atoms with Gasteiger partial charge in [-0.2, -0.15) is 0 Å². The maximum atomic E-state index is 16.9. The summed E-state index contributed by atoms with van der Waals surface area (Å²) in [5.41, 5.74) is -6.62. The van der Waals surface area contributed by atoms with Gasteiger partial charge < -0.3 is 20.0 Å². The largest absolute Gasteiger partial charge is 1.00 e. The van der Waals surface area contributed by atoms with Gasteiger partial charge in [0.2, 0.25) is 0 Å². The van der Waals surface area contributed by atoms with Gasteiger partial charge in [-0.3, -0.25) is 14.1 Å². The first-order valence-electron chi connectivity index (χ1n) is 10.8. The number of fused-ring (bicyclic) bond motifs is 5. The van der Waals surface area contributed by atoms with Gasteiger partial charge in [0, 0.05) is 5.41 Å². The minimum Gasteiger partial charge on any atom is -0.850 e. The molecule has 0 unspecified atom stereocenters. The number of allylic oxidation sites excluding steroid dienone is 4. The molecule has 8 atom stereocenters. The Bertz CT molecular complexity index is 984. The third kappa shape index (κ3) is 4.20. The number of hydrogen-bond donors (Lipinski definition) is 2. The monoisotopic (exact) mass is 516 g/mol. The van der Waals surface area contributed by atoms with Gasteiger partial charge in [-0.05, 0) is 67.1 Å². The van der Waals surface area contributed by atoms with Crippen molar-refractivity contribution in [1.82, 2.24) is 0 Å². The van der Waals surface area contributed by atoms with E-state index >= 15 is 4.39 Å². The number of ketones is 2. The van der Waals surface area contributed by atoms with Crippen LogP contribution in [0.25, 0.3) is 0 Å². The predicted octanol–water partition coefficient (Wildman–Crippen LogP) is -5.24. The zero-order valence-corrected chi connectivity index (χ0v) is 25.1. The average Bonchev–Trinajstić information content (AvgIpc) is 2.89. The van der Waals surface area contributed by atoms with Crippen LogP contribution in [-0.2, 0) is 18.7 Å². The zero-order chi connectivity index (χ0) is 23.9. The molecule has 4 aliphatic rings. The molecule has 178 valence electrons. The summed E-state index contributed by atoms with van der Waals surface area (Å²) in [5, 5.41) is 27.6. The number of Topliss-reactive ketones (excluding diaryl/α,β-unsaturated/α-hetero) is 1. The molecule has 0 aliphatic heterocycles. The minimum absolute atomic E-state index is 0. The second-order valence-electron chi connectivity index (χ2n) is 10.3. The van der Waals surface area contributed by atoms with Crippen molar-refractivity contribution in [3.05, 3.63) is 23.8 Å². The summed E-state index contributed by atoms with van der Waals surface area (Å²) in [5.74, 6) is -3.38. The first-order chi connectivity index (χ1) is 14.6. The van der Waals surface area contributed by atoms with Gasteiger partial charge in [0.15, 0.2) is 5.78 Å². The second-order valence-corrected chi connectivity index (χ2v) is 11.5. The molecule has 4 rings (SSSR count). The third-order valence-corrected chi connectivity index (χ3v) is 9.40. The number of phosphoric ester groups is 1. The quantitative estimate of drug-likeness (QED) is 0.279. The molecule has 0 radical (unpaired) electrons. The maximum absolute atomic E-state index is 16.9. The fourth-order valence-electron chi connectivity index (χ4n) is 7.34. The second kappa shape index (κ2) is 9.83. The fraction of sp³-hybridized carbons (Fsp3) is 0.727. The van der Waals surface area contributed by atoms with Gasteiger partial charge in [-0.1, -0.05) is 38.0 Å². The van der Waals surface area contributed by atoms with E-state index < -0.39 is 66.2 Å². The van der Waals surface area contributed by atoms with Crippen LogP contribution in [0.2, 0.25) is 0 Å². The van der Waals surface area contributed by atoms with Crippen molar-refractivity contribution >= 4 is 19.4 Å². The van der Waals surface area contributed by atoms with Crippen LogP contribution in [0.4, 0.5) is 4.39 Å². The number of halogens is 1. The van der Waals surface area contributed by atoms with Gasteiger partial charge in [-0.25, -0.2) is 8.96 Å². The van der Waals surface area contributed by atoms with Crippen molar-refractivity contribution in [3.63, 3.8) is 0 Å². The summed E-state index contributed by atoms with van der Waals surface area (Å²) in [4.78, 5) is 42.7. The topological polar surface area (TPSA) is 147 Å². The van der Waals surface area contributed by atoms with E-state index in [2.05, 4.69) is 4.52 Å². The molecule has 3 saturated carbocycles. The molecular weight excluding hydrogens is 488 g/mol. The molecule has 12 heteroatoms. The van der Waals surface area contributed by atoms with Crippen LogP contribution in [-0.4, -0.2) is 45.3 Å². The van der Waals surface area contributed by atoms with Crippen LogP contribution < -0.4 is 69.3 Å². The van der Waals surface area contributed by atoms with E-state index in [0.717, 1.165) is 0 Å². The van der Waals surface area contributed by atoms with E-state index in [1.54, 1.807) is 20.8 Å². The molecule has 0 amide bonds. The Balaban J connectivity index is 0.00000204. The van der Waals surface area contributed by atoms with Gasteiger partial charge in [0.25, 0.3) is 0 Å². The molecule has 0 aromatic rings. The van der Waals surface area contributed by atoms with Crippen LogP contribution in [0.1, 0.15) is 46.5 Å². The standard InChI is InChI=1S/C22H28FO8P.2Na/c1-12-8-16-15-5-4-13-9-14(24)6-7-19(13,2)21(15,23)17(25)10-20(16,3)22(12,27)18(26)11-31-32(28,29)30;;/h6-7,9,12,15-17H,4-5,8,10-11H2,1-3H3,(H2,28,29,30);;/q-2;2*+1/t12-,15-,16-,17-,19-,20-,21-,22-;;/m0../s1. The summed E-state index contributed by atoms with van der Waals surface area (Å²) >= 11 is 0. The molecule has 4 aliphatic carbocycles. The molecule has 3 fully saturated rings. The first kappa shape index (κ1) is 31.0. The van der Waals surface area contributed by atoms with E-state index in [0.29, 0.717) is 12.0 Å². The van der Waals surface area contributed by atoms with Crippen molar-refractivity contribution in [1.29, 1.82) is 0 Å². The summed E-state index contributed by atoms with van der Waals surface area (Å²) < 4.78 is 32.3. The Kier molecular flexibility index (Phi) is 8.96. The summed E-state index contributed by atoms with van der Waals surface area (Å²) in [7, 11) is -4.97. The summed E-state index contributed by atoms with van der Waals surface area (Å²) in [6.07, 6.45) is 2.89. The molecule has 0 saturated heterocycles. The average molecular weight is 516 g/mol. The van der Waals surface area contributed by atoms with Crippen molar-refractivity contribution < 1.29 is 102 Å². The molecule has 8 nitrogen and oxygen atoms in total. The third-order valence-electron chi connectivity index (χ3n) is 8.93. The van der Waals surface area contributed by atoms with Crippen LogP contribution in [0.3, 0.4) is 0 Å². The number of carbonyl (C=O) groups is 2.